The Hall–Kier alpha value is -3.44. The molecule has 3 aromatic rings. The number of allylic oxidation sites excluding steroid dienone is 1. The fraction of sp³-hybridized carbons (Fsp3) is 0.320. The molecule has 0 aliphatic rings. The number of carbonyl (C=O) groups is 3. The van der Waals surface area contributed by atoms with E-state index in [0.717, 1.165) is 22.2 Å². The van der Waals surface area contributed by atoms with Crippen molar-refractivity contribution in [1.29, 1.82) is 0 Å². The molecule has 0 aliphatic carbocycles. The average molecular weight is 532 g/mol. The van der Waals surface area contributed by atoms with Crippen LogP contribution in [0.2, 0.25) is 0 Å². The monoisotopic (exact) mass is 531 g/mol. The first-order valence-electron chi connectivity index (χ1n) is 11.1. The maximum absolute atomic E-state index is 13.0. The number of anilines is 1. The zero-order valence-electron chi connectivity index (χ0n) is 21.1. The predicted octanol–water partition coefficient (Wildman–Crippen LogP) is 4.59. The molecule has 0 unspecified atom stereocenters. The van der Waals surface area contributed by atoms with Crippen molar-refractivity contribution in [2.75, 3.05) is 25.3 Å². The van der Waals surface area contributed by atoms with Crippen molar-refractivity contribution < 1.29 is 23.9 Å². The van der Waals surface area contributed by atoms with Gasteiger partial charge in [-0.25, -0.2) is 14.6 Å². The van der Waals surface area contributed by atoms with E-state index in [-0.39, 0.29) is 34.7 Å². The number of amides is 1. The van der Waals surface area contributed by atoms with Gasteiger partial charge in [0.25, 0.3) is 5.56 Å². The van der Waals surface area contributed by atoms with Gasteiger partial charge in [-0.15, -0.1) is 17.9 Å². The molecule has 0 atom stereocenters. The summed E-state index contributed by atoms with van der Waals surface area (Å²) in [7, 11) is 2.43. The van der Waals surface area contributed by atoms with Gasteiger partial charge in [-0.2, -0.15) is 0 Å². The summed E-state index contributed by atoms with van der Waals surface area (Å²) in [5.41, 5.74) is 1.12. The molecular weight excluding hydrogens is 502 g/mol. The predicted molar refractivity (Wildman–Crippen MR) is 143 cm³/mol. The van der Waals surface area contributed by atoms with Crippen LogP contribution in [0, 0.1) is 13.8 Å². The second kappa shape index (κ2) is 13.0. The number of thioether (sulfide) groups is 1. The number of esters is 2. The lowest BCUT2D eigenvalue weighted by atomic mass is 10.1. The number of carbonyl (C=O) groups excluding carboxylic acids is 3. The van der Waals surface area contributed by atoms with E-state index in [4.69, 9.17) is 9.47 Å². The van der Waals surface area contributed by atoms with E-state index < -0.39 is 17.8 Å². The first-order valence-corrected chi connectivity index (χ1v) is 12.9. The van der Waals surface area contributed by atoms with Gasteiger partial charge in [0.1, 0.15) is 4.83 Å². The molecule has 0 radical (unpaired) electrons. The highest BCUT2D eigenvalue weighted by molar-refractivity contribution is 7.99. The Morgan fingerprint density at radius 1 is 1.11 bits per heavy atom. The minimum atomic E-state index is -0.664. The van der Waals surface area contributed by atoms with Gasteiger partial charge in [0.05, 0.1) is 36.5 Å². The van der Waals surface area contributed by atoms with Crippen LogP contribution in [0.3, 0.4) is 0 Å². The summed E-state index contributed by atoms with van der Waals surface area (Å²) in [5.74, 6) is -1.80. The van der Waals surface area contributed by atoms with Crippen LogP contribution in [0.25, 0.3) is 10.2 Å². The molecule has 192 valence electrons. The molecule has 0 saturated carbocycles. The standard InChI is InChI=1S/C23H23N3O6S2.C2H6/c1-6-7-26-20(28)18-12(2)13(3)34-19(18)25-23(26)33-11-17(27)24-16-9-14(21(29)31-4)8-15(10-16)22(30)32-5;1-2/h6,8-10H,1,7,11H2,2-5H3,(H,24,27);1-2H3. The molecule has 3 rings (SSSR count). The maximum atomic E-state index is 13.0. The quantitative estimate of drug-likeness (QED) is 0.194. The molecule has 1 N–H and O–H groups in total. The zero-order valence-corrected chi connectivity index (χ0v) is 22.7. The molecule has 0 bridgehead atoms. The SMILES string of the molecule is C=CCn1c(SCC(=O)Nc2cc(C(=O)OC)cc(C(=O)OC)c2)nc2sc(C)c(C)c2c1=O.CC. The first-order chi connectivity index (χ1) is 17.2. The van der Waals surface area contributed by atoms with E-state index in [1.165, 1.54) is 48.3 Å². The topological polar surface area (TPSA) is 117 Å². The molecule has 0 aliphatic heterocycles. The fourth-order valence-corrected chi connectivity index (χ4v) is 5.09. The van der Waals surface area contributed by atoms with Gasteiger partial charge in [0.2, 0.25) is 5.91 Å². The van der Waals surface area contributed by atoms with Crippen LogP contribution in [0.5, 0.6) is 0 Å². The number of ether oxygens (including phenoxy) is 2. The highest BCUT2D eigenvalue weighted by Gasteiger charge is 2.18. The number of methoxy groups -OCH3 is 2. The lowest BCUT2D eigenvalue weighted by Crippen LogP contribution is -2.23. The van der Waals surface area contributed by atoms with Crippen molar-refractivity contribution in [1.82, 2.24) is 9.55 Å². The number of thiophene rings is 1. The van der Waals surface area contributed by atoms with Gasteiger partial charge in [-0.3, -0.25) is 14.2 Å². The van der Waals surface area contributed by atoms with Crippen LogP contribution in [0.1, 0.15) is 45.0 Å². The Morgan fingerprint density at radius 2 is 1.69 bits per heavy atom. The van der Waals surface area contributed by atoms with E-state index in [2.05, 4.69) is 16.9 Å². The van der Waals surface area contributed by atoms with Crippen LogP contribution in [0.4, 0.5) is 5.69 Å². The van der Waals surface area contributed by atoms with Crippen molar-refractivity contribution in [2.24, 2.45) is 0 Å². The summed E-state index contributed by atoms with van der Waals surface area (Å²) >= 11 is 2.54. The Bertz CT molecular complexity index is 1330. The molecular formula is C25H29N3O6S2. The lowest BCUT2D eigenvalue weighted by molar-refractivity contribution is -0.113. The van der Waals surface area contributed by atoms with Crippen LogP contribution >= 0.6 is 23.1 Å². The number of fused-ring (bicyclic) bond motifs is 1. The van der Waals surface area contributed by atoms with Crippen LogP contribution < -0.4 is 10.9 Å². The van der Waals surface area contributed by atoms with Gasteiger partial charge >= 0.3 is 11.9 Å². The molecule has 11 heteroatoms. The number of hydrogen-bond acceptors (Lipinski definition) is 9. The molecule has 36 heavy (non-hydrogen) atoms. The number of aromatic nitrogens is 2. The van der Waals surface area contributed by atoms with Gasteiger partial charge in [-0.1, -0.05) is 31.7 Å². The number of rotatable bonds is 8. The third-order valence-corrected chi connectivity index (χ3v) is 7.03. The molecule has 0 saturated heterocycles. The summed E-state index contributed by atoms with van der Waals surface area (Å²) < 4.78 is 10.9. The van der Waals surface area contributed by atoms with Crippen LogP contribution in [0.15, 0.2) is 40.8 Å². The average Bonchev–Trinajstić information content (AvgIpc) is 3.17. The van der Waals surface area contributed by atoms with Crippen molar-refractivity contribution in [3.63, 3.8) is 0 Å². The summed E-state index contributed by atoms with van der Waals surface area (Å²) in [6.07, 6.45) is 1.60. The Labute approximate surface area is 217 Å². The molecule has 2 aromatic heterocycles. The summed E-state index contributed by atoms with van der Waals surface area (Å²) in [6.45, 7) is 11.8. The number of nitrogens with one attached hydrogen (secondary N) is 1. The zero-order chi connectivity index (χ0) is 27.0. The smallest absolute Gasteiger partial charge is 0.337 e. The molecule has 1 amide bonds. The third-order valence-electron chi connectivity index (χ3n) is 4.96. The van der Waals surface area contributed by atoms with E-state index in [1.54, 1.807) is 6.08 Å². The van der Waals surface area contributed by atoms with Crippen LogP contribution in [-0.4, -0.2) is 47.4 Å². The van der Waals surface area contributed by atoms with E-state index >= 15 is 0 Å². The van der Waals surface area contributed by atoms with Crippen molar-refractivity contribution in [3.8, 4) is 0 Å². The first kappa shape index (κ1) is 28.8. The largest absolute Gasteiger partial charge is 0.465 e. The second-order valence-electron chi connectivity index (χ2n) is 7.18. The lowest BCUT2D eigenvalue weighted by Gasteiger charge is -2.11. The number of hydrogen-bond donors (Lipinski definition) is 1. The van der Waals surface area contributed by atoms with Crippen molar-refractivity contribution >= 4 is 56.8 Å². The van der Waals surface area contributed by atoms with Gasteiger partial charge in [0, 0.05) is 17.1 Å². The van der Waals surface area contributed by atoms with Gasteiger partial charge in [0.15, 0.2) is 5.16 Å². The minimum absolute atomic E-state index is 0.0611. The van der Waals surface area contributed by atoms with Crippen LogP contribution in [-0.2, 0) is 20.8 Å². The maximum Gasteiger partial charge on any atom is 0.337 e. The highest BCUT2D eigenvalue weighted by Crippen LogP contribution is 2.28. The van der Waals surface area contributed by atoms with E-state index in [1.807, 2.05) is 27.7 Å². The summed E-state index contributed by atoms with van der Waals surface area (Å²) in [5, 5.41) is 3.63. The number of benzene rings is 1. The Morgan fingerprint density at radius 3 is 2.22 bits per heavy atom. The molecule has 1 aromatic carbocycles. The Balaban J connectivity index is 0.00000222. The van der Waals surface area contributed by atoms with Gasteiger partial charge in [-0.05, 0) is 37.6 Å². The van der Waals surface area contributed by atoms with Gasteiger partial charge < -0.3 is 14.8 Å². The number of nitrogens with zero attached hydrogens (tertiary/aromatic N) is 2. The Kier molecular flexibility index (Phi) is 10.4. The molecule has 0 fully saturated rings. The summed E-state index contributed by atoms with van der Waals surface area (Å²) in [6, 6.07) is 4.12. The minimum Gasteiger partial charge on any atom is -0.465 e. The molecule has 9 nitrogen and oxygen atoms in total. The second-order valence-corrected chi connectivity index (χ2v) is 9.33. The molecule has 0 spiro atoms. The third kappa shape index (κ3) is 6.41. The fourth-order valence-electron chi connectivity index (χ4n) is 3.21. The van der Waals surface area contributed by atoms with E-state index in [0.29, 0.717) is 15.4 Å². The van der Waals surface area contributed by atoms with Crippen molar-refractivity contribution in [3.05, 3.63) is 62.8 Å². The van der Waals surface area contributed by atoms with Crippen molar-refractivity contribution in [2.45, 2.75) is 39.4 Å². The normalized spacial score (nSPS) is 10.3. The molecule has 2 heterocycles. The highest BCUT2D eigenvalue weighted by atomic mass is 32.2. The summed E-state index contributed by atoms with van der Waals surface area (Å²) in [4.78, 5) is 55.9. The number of aryl methyl sites for hydroxylation is 2. The van der Waals surface area contributed by atoms with E-state index in [9.17, 15) is 19.2 Å².